The monoisotopic (exact) mass is 349 g/mol. The highest BCUT2D eigenvalue weighted by Crippen LogP contribution is 2.25. The fourth-order valence-corrected chi connectivity index (χ4v) is 3.28. The van der Waals surface area contributed by atoms with E-state index in [1.54, 1.807) is 17.0 Å². The van der Waals surface area contributed by atoms with E-state index in [2.05, 4.69) is 10.3 Å². The fraction of sp³-hybridized carbons (Fsp3) is 0.312. The van der Waals surface area contributed by atoms with Crippen molar-refractivity contribution in [2.24, 2.45) is 0 Å². The van der Waals surface area contributed by atoms with Crippen LogP contribution in [-0.2, 0) is 9.53 Å². The Bertz CT molecular complexity index is 747. The number of nitrogens with one attached hydrogen (secondary N) is 1. The largest absolute Gasteiger partial charge is 0.370 e. The first-order valence-corrected chi connectivity index (χ1v) is 8.24. The number of hydrogen-bond acceptors (Lipinski definition) is 5. The first-order valence-electron chi connectivity index (χ1n) is 7.42. The Morgan fingerprint density at radius 1 is 1.38 bits per heavy atom. The minimum absolute atomic E-state index is 0.153. The highest BCUT2D eigenvalue weighted by atomic mass is 32.1. The van der Waals surface area contributed by atoms with Crippen LogP contribution in [0.3, 0.4) is 0 Å². The molecule has 126 valence electrons. The summed E-state index contributed by atoms with van der Waals surface area (Å²) >= 11 is 1.14. The summed E-state index contributed by atoms with van der Waals surface area (Å²) in [4.78, 5) is 29.8. The average Bonchev–Trinajstić information content (AvgIpc) is 3.02. The molecule has 1 saturated heterocycles. The smallest absolute Gasteiger partial charge is 0.265 e. The van der Waals surface area contributed by atoms with E-state index in [9.17, 15) is 14.0 Å². The normalized spacial score (nSPS) is 17.6. The molecule has 0 radical (unpaired) electrons. The van der Waals surface area contributed by atoms with Gasteiger partial charge >= 0.3 is 0 Å². The van der Waals surface area contributed by atoms with Gasteiger partial charge < -0.3 is 15.0 Å². The summed E-state index contributed by atoms with van der Waals surface area (Å²) in [6.07, 6.45) is 1.17. The van der Waals surface area contributed by atoms with E-state index < -0.39 is 0 Å². The van der Waals surface area contributed by atoms with Gasteiger partial charge in [-0.25, -0.2) is 9.37 Å². The summed E-state index contributed by atoms with van der Waals surface area (Å²) in [6, 6.07) is 6.08. The molecule has 1 atom stereocenters. The quantitative estimate of drug-likeness (QED) is 0.924. The van der Waals surface area contributed by atoms with Crippen LogP contribution in [0.4, 0.5) is 9.52 Å². The Labute approximate surface area is 142 Å². The number of hydrogen-bond donors (Lipinski definition) is 1. The fourth-order valence-electron chi connectivity index (χ4n) is 2.45. The van der Waals surface area contributed by atoms with Gasteiger partial charge in [0.25, 0.3) is 5.91 Å². The molecule has 24 heavy (non-hydrogen) atoms. The van der Waals surface area contributed by atoms with E-state index >= 15 is 0 Å². The lowest BCUT2D eigenvalue weighted by molar-refractivity contribution is -0.114. The Balaban J connectivity index is 1.69. The van der Waals surface area contributed by atoms with E-state index in [0.29, 0.717) is 29.7 Å². The van der Waals surface area contributed by atoms with Gasteiger partial charge in [0, 0.05) is 13.5 Å². The Morgan fingerprint density at radius 2 is 2.12 bits per heavy atom. The zero-order valence-corrected chi connectivity index (χ0v) is 13.8. The Morgan fingerprint density at radius 3 is 2.83 bits per heavy atom. The van der Waals surface area contributed by atoms with Gasteiger partial charge in [-0.1, -0.05) is 23.5 Å². The number of benzene rings is 1. The second kappa shape index (κ2) is 7.06. The summed E-state index contributed by atoms with van der Waals surface area (Å²) in [6.45, 7) is 2.66. The molecule has 0 bridgehead atoms. The number of rotatable bonds is 3. The molecule has 8 heteroatoms. The standard InChI is InChI=1S/C16H16FN3O3S/c1-10(21)19-16-18-8-14(24-16)15(22)20-6-7-23-13(9-20)11-2-4-12(17)5-3-11/h2-5,8,13H,6-7,9H2,1H3,(H,18,19,21)/t13-/m0/s1. The molecule has 1 fully saturated rings. The van der Waals surface area contributed by atoms with Crippen LogP contribution in [0, 0.1) is 5.82 Å². The molecule has 1 aliphatic rings. The van der Waals surface area contributed by atoms with Gasteiger partial charge in [-0.15, -0.1) is 0 Å². The van der Waals surface area contributed by atoms with E-state index in [1.165, 1.54) is 25.3 Å². The van der Waals surface area contributed by atoms with Crippen LogP contribution >= 0.6 is 11.3 Å². The molecular weight excluding hydrogens is 333 g/mol. The third-order valence-corrected chi connectivity index (χ3v) is 4.50. The lowest BCUT2D eigenvalue weighted by Gasteiger charge is -2.32. The van der Waals surface area contributed by atoms with Gasteiger partial charge in [-0.2, -0.15) is 0 Å². The van der Waals surface area contributed by atoms with Gasteiger partial charge in [-0.3, -0.25) is 9.59 Å². The van der Waals surface area contributed by atoms with Crippen molar-refractivity contribution in [3.05, 3.63) is 46.7 Å². The first-order chi connectivity index (χ1) is 11.5. The van der Waals surface area contributed by atoms with Gasteiger partial charge in [-0.05, 0) is 17.7 Å². The number of amides is 2. The molecule has 0 aliphatic carbocycles. The number of ether oxygens (including phenoxy) is 1. The number of halogens is 1. The van der Waals surface area contributed by atoms with Gasteiger partial charge in [0.05, 0.1) is 19.3 Å². The van der Waals surface area contributed by atoms with Crippen LogP contribution in [0.2, 0.25) is 0 Å². The van der Waals surface area contributed by atoms with Crippen LogP contribution < -0.4 is 5.32 Å². The van der Waals surface area contributed by atoms with Crippen molar-refractivity contribution < 1.29 is 18.7 Å². The number of carbonyl (C=O) groups excluding carboxylic acids is 2. The second-order valence-corrected chi connectivity index (χ2v) is 6.40. The Kier molecular flexibility index (Phi) is 4.86. The number of nitrogens with zero attached hydrogens (tertiary/aromatic N) is 2. The molecular formula is C16H16FN3O3S. The topological polar surface area (TPSA) is 71.5 Å². The Hall–Kier alpha value is -2.32. The highest BCUT2D eigenvalue weighted by Gasteiger charge is 2.27. The number of anilines is 1. The van der Waals surface area contributed by atoms with Gasteiger partial charge in [0.1, 0.15) is 16.8 Å². The van der Waals surface area contributed by atoms with Crippen molar-refractivity contribution in [3.8, 4) is 0 Å². The van der Waals surface area contributed by atoms with E-state index in [1.807, 2.05) is 0 Å². The predicted octanol–water partition coefficient (Wildman–Crippen LogP) is 2.45. The third-order valence-electron chi connectivity index (χ3n) is 3.59. The molecule has 0 spiro atoms. The maximum Gasteiger partial charge on any atom is 0.265 e. The predicted molar refractivity (Wildman–Crippen MR) is 87.4 cm³/mol. The van der Waals surface area contributed by atoms with E-state index in [-0.39, 0.29) is 23.7 Å². The molecule has 1 aliphatic heterocycles. The molecule has 1 N–H and O–H groups in total. The minimum Gasteiger partial charge on any atom is -0.370 e. The lowest BCUT2D eigenvalue weighted by atomic mass is 10.1. The average molecular weight is 349 g/mol. The molecule has 0 saturated carbocycles. The van der Waals surface area contributed by atoms with Crippen molar-refractivity contribution in [2.45, 2.75) is 13.0 Å². The first kappa shape index (κ1) is 16.5. The van der Waals surface area contributed by atoms with Crippen LogP contribution in [0.5, 0.6) is 0 Å². The van der Waals surface area contributed by atoms with Crippen LogP contribution in [-0.4, -0.2) is 41.4 Å². The molecule has 1 aromatic carbocycles. The number of morpholine rings is 1. The molecule has 2 aromatic rings. The zero-order chi connectivity index (χ0) is 17.1. The summed E-state index contributed by atoms with van der Waals surface area (Å²) in [5.74, 6) is -0.691. The number of carbonyl (C=O) groups is 2. The van der Waals surface area contributed by atoms with E-state index in [0.717, 1.165) is 16.9 Å². The highest BCUT2D eigenvalue weighted by molar-refractivity contribution is 7.17. The van der Waals surface area contributed by atoms with Crippen molar-refractivity contribution in [1.29, 1.82) is 0 Å². The summed E-state index contributed by atoms with van der Waals surface area (Å²) in [7, 11) is 0. The maximum absolute atomic E-state index is 13.0. The minimum atomic E-state index is -0.308. The lowest BCUT2D eigenvalue weighted by Crippen LogP contribution is -2.42. The molecule has 2 heterocycles. The second-order valence-electron chi connectivity index (χ2n) is 5.37. The molecule has 1 aromatic heterocycles. The molecule has 2 amide bonds. The number of aromatic nitrogens is 1. The van der Waals surface area contributed by atoms with Crippen molar-refractivity contribution >= 4 is 28.3 Å². The summed E-state index contributed by atoms with van der Waals surface area (Å²) in [5.41, 5.74) is 0.831. The summed E-state index contributed by atoms with van der Waals surface area (Å²) in [5, 5.41) is 2.96. The molecule has 0 unspecified atom stereocenters. The zero-order valence-electron chi connectivity index (χ0n) is 13.0. The van der Waals surface area contributed by atoms with Crippen molar-refractivity contribution in [1.82, 2.24) is 9.88 Å². The molecule has 6 nitrogen and oxygen atoms in total. The van der Waals surface area contributed by atoms with Crippen LogP contribution in [0.1, 0.15) is 28.3 Å². The summed E-state index contributed by atoms with van der Waals surface area (Å²) < 4.78 is 18.7. The SMILES string of the molecule is CC(=O)Nc1ncc(C(=O)N2CCO[C@H](c3ccc(F)cc3)C2)s1. The van der Waals surface area contributed by atoms with Crippen LogP contribution in [0.25, 0.3) is 0 Å². The van der Waals surface area contributed by atoms with Crippen molar-refractivity contribution in [2.75, 3.05) is 25.0 Å². The van der Waals surface area contributed by atoms with E-state index in [4.69, 9.17) is 4.74 Å². The third kappa shape index (κ3) is 3.77. The molecule has 3 rings (SSSR count). The number of thiazole rings is 1. The van der Waals surface area contributed by atoms with Gasteiger partial charge in [0.2, 0.25) is 5.91 Å². The van der Waals surface area contributed by atoms with Gasteiger partial charge in [0.15, 0.2) is 5.13 Å². The van der Waals surface area contributed by atoms with Crippen LogP contribution in [0.15, 0.2) is 30.5 Å². The maximum atomic E-state index is 13.0. The van der Waals surface area contributed by atoms with Crippen molar-refractivity contribution in [3.63, 3.8) is 0 Å².